The van der Waals surface area contributed by atoms with Gasteiger partial charge in [-0.2, -0.15) is 5.26 Å². The Morgan fingerprint density at radius 2 is 1.66 bits per heavy atom. The Morgan fingerprint density at radius 1 is 0.971 bits per heavy atom. The van der Waals surface area contributed by atoms with Crippen molar-refractivity contribution in [1.29, 1.82) is 5.26 Å². The van der Waals surface area contributed by atoms with E-state index in [1.807, 2.05) is 41.3 Å². The molecule has 5 nitrogen and oxygen atoms in total. The predicted molar refractivity (Wildman–Crippen MR) is 133 cm³/mol. The van der Waals surface area contributed by atoms with Crippen LogP contribution in [-0.2, 0) is 15.9 Å². The second-order valence-electron chi connectivity index (χ2n) is 9.44. The lowest BCUT2D eigenvalue weighted by Gasteiger charge is -2.44. The molecule has 2 aliphatic heterocycles. The summed E-state index contributed by atoms with van der Waals surface area (Å²) >= 11 is 0. The van der Waals surface area contributed by atoms with Gasteiger partial charge in [0.2, 0.25) is 0 Å². The molecule has 1 fully saturated rings. The van der Waals surface area contributed by atoms with E-state index in [-0.39, 0.29) is 24.1 Å². The van der Waals surface area contributed by atoms with Crippen molar-refractivity contribution in [2.75, 3.05) is 19.8 Å². The van der Waals surface area contributed by atoms with Crippen LogP contribution < -0.4 is 0 Å². The molecular weight excluding hydrogens is 436 g/mol. The van der Waals surface area contributed by atoms with Gasteiger partial charge in [0, 0.05) is 5.92 Å². The van der Waals surface area contributed by atoms with Gasteiger partial charge in [0.1, 0.15) is 6.61 Å². The third-order valence-corrected chi connectivity index (χ3v) is 7.38. The highest BCUT2D eigenvalue weighted by molar-refractivity contribution is 5.79. The van der Waals surface area contributed by atoms with Crippen LogP contribution in [0.5, 0.6) is 0 Å². The number of carbonyl (C=O) groups is 1. The smallest absolute Gasteiger partial charge is 0.410 e. The molecule has 1 saturated heterocycles. The number of hydrogen-bond acceptors (Lipinski definition) is 4. The number of nitriles is 1. The fraction of sp³-hybridized carbons (Fsp3) is 0.267. The summed E-state index contributed by atoms with van der Waals surface area (Å²) < 4.78 is 11.7. The van der Waals surface area contributed by atoms with Gasteiger partial charge >= 0.3 is 6.09 Å². The standard InChI is InChI=1S/C30H26N2O3/c31-16-22-8-2-1-7-21(22)13-20-14-23-17-34-18-24(15-20)32(23)30(33)35-19-29-27-11-5-3-9-25(27)26-10-4-6-12-28(26)29/h1-12,14,23-24,29H,13,15,17-19H2. The number of rotatable bonds is 4. The number of hydrogen-bond donors (Lipinski definition) is 0. The van der Waals surface area contributed by atoms with Gasteiger partial charge in [-0.15, -0.1) is 0 Å². The summed E-state index contributed by atoms with van der Waals surface area (Å²) in [6.07, 6.45) is 3.29. The third-order valence-electron chi connectivity index (χ3n) is 7.38. The maximum atomic E-state index is 13.3. The lowest BCUT2D eigenvalue weighted by Crippen LogP contribution is -2.56. The minimum Gasteiger partial charge on any atom is -0.448 e. The van der Waals surface area contributed by atoms with E-state index in [0.717, 1.165) is 18.4 Å². The molecule has 0 aromatic heterocycles. The predicted octanol–water partition coefficient (Wildman–Crippen LogP) is 5.45. The molecule has 1 amide bonds. The SMILES string of the molecule is N#Cc1ccccc1CC1=CC2COCC(C1)N2C(=O)OCC1c2ccccc2-c2ccccc21. The van der Waals surface area contributed by atoms with Gasteiger partial charge in [-0.05, 0) is 46.7 Å². The minimum atomic E-state index is -0.280. The number of morpholine rings is 1. The van der Waals surface area contributed by atoms with Gasteiger partial charge in [-0.25, -0.2) is 4.79 Å². The number of benzene rings is 3. The van der Waals surface area contributed by atoms with Gasteiger partial charge in [-0.1, -0.05) is 78.4 Å². The minimum absolute atomic E-state index is 0.0424. The second kappa shape index (κ2) is 9.05. The van der Waals surface area contributed by atoms with E-state index in [0.29, 0.717) is 25.4 Å². The van der Waals surface area contributed by atoms with Crippen LogP contribution in [0.2, 0.25) is 0 Å². The van der Waals surface area contributed by atoms with E-state index < -0.39 is 0 Å². The topological polar surface area (TPSA) is 62.6 Å². The molecule has 5 heteroatoms. The monoisotopic (exact) mass is 462 g/mol. The van der Waals surface area contributed by atoms with Crippen LogP contribution in [0, 0.1) is 11.3 Å². The zero-order chi connectivity index (χ0) is 23.8. The van der Waals surface area contributed by atoms with E-state index in [4.69, 9.17) is 9.47 Å². The van der Waals surface area contributed by atoms with E-state index in [2.05, 4.69) is 48.5 Å². The first kappa shape index (κ1) is 21.6. The van der Waals surface area contributed by atoms with Crippen molar-refractivity contribution in [3.63, 3.8) is 0 Å². The molecule has 174 valence electrons. The zero-order valence-corrected chi connectivity index (χ0v) is 19.4. The molecule has 2 atom stereocenters. The highest BCUT2D eigenvalue weighted by Gasteiger charge is 2.39. The molecule has 2 bridgehead atoms. The Morgan fingerprint density at radius 3 is 2.37 bits per heavy atom. The summed E-state index contributed by atoms with van der Waals surface area (Å²) in [7, 11) is 0. The van der Waals surface area contributed by atoms with Crippen molar-refractivity contribution in [2.45, 2.75) is 30.8 Å². The summed E-state index contributed by atoms with van der Waals surface area (Å²) in [6, 6.07) is 26.5. The van der Waals surface area contributed by atoms with Crippen LogP contribution in [0.1, 0.15) is 34.6 Å². The average Bonchev–Trinajstić information content (AvgIpc) is 3.21. The van der Waals surface area contributed by atoms with Crippen LogP contribution in [0.25, 0.3) is 11.1 Å². The van der Waals surface area contributed by atoms with Crippen LogP contribution in [0.3, 0.4) is 0 Å². The lowest BCUT2D eigenvalue weighted by atomic mass is 9.89. The van der Waals surface area contributed by atoms with Gasteiger partial charge in [-0.3, -0.25) is 4.90 Å². The van der Waals surface area contributed by atoms with Crippen molar-refractivity contribution in [1.82, 2.24) is 4.90 Å². The number of nitrogens with zero attached hydrogens (tertiary/aromatic N) is 2. The number of amides is 1. The van der Waals surface area contributed by atoms with Crippen LogP contribution in [0.4, 0.5) is 4.79 Å². The summed E-state index contributed by atoms with van der Waals surface area (Å²) in [5.41, 5.74) is 7.83. The number of fused-ring (bicyclic) bond motifs is 5. The molecule has 1 aliphatic carbocycles. The summed E-state index contributed by atoms with van der Waals surface area (Å²) in [6.45, 7) is 1.28. The molecule has 2 unspecified atom stereocenters. The van der Waals surface area contributed by atoms with Crippen molar-refractivity contribution in [3.8, 4) is 17.2 Å². The maximum Gasteiger partial charge on any atom is 0.410 e. The Hall–Kier alpha value is -3.88. The Balaban J connectivity index is 1.19. The molecule has 3 aliphatic rings. The van der Waals surface area contributed by atoms with E-state index in [9.17, 15) is 10.1 Å². The fourth-order valence-corrected chi connectivity index (χ4v) is 5.80. The number of ether oxygens (including phenoxy) is 2. The molecule has 0 saturated carbocycles. The van der Waals surface area contributed by atoms with E-state index in [1.54, 1.807) is 0 Å². The van der Waals surface area contributed by atoms with Gasteiger partial charge in [0.25, 0.3) is 0 Å². The molecular formula is C30H26N2O3. The molecule has 3 aromatic carbocycles. The molecule has 6 rings (SSSR count). The van der Waals surface area contributed by atoms with Crippen molar-refractivity contribution in [3.05, 3.63) is 107 Å². The third kappa shape index (κ3) is 3.90. The maximum absolute atomic E-state index is 13.3. The van der Waals surface area contributed by atoms with Crippen molar-refractivity contribution in [2.24, 2.45) is 0 Å². The molecule has 35 heavy (non-hydrogen) atoms. The fourth-order valence-electron chi connectivity index (χ4n) is 5.80. The highest BCUT2D eigenvalue weighted by atomic mass is 16.6. The van der Waals surface area contributed by atoms with E-state index in [1.165, 1.54) is 27.8 Å². The van der Waals surface area contributed by atoms with E-state index >= 15 is 0 Å². The Labute approximate surface area is 205 Å². The molecule has 0 N–H and O–H groups in total. The Bertz CT molecular complexity index is 1310. The van der Waals surface area contributed by atoms with Crippen LogP contribution >= 0.6 is 0 Å². The lowest BCUT2D eigenvalue weighted by molar-refractivity contribution is -0.0363. The van der Waals surface area contributed by atoms with Crippen LogP contribution in [-0.4, -0.2) is 42.9 Å². The van der Waals surface area contributed by atoms with Gasteiger partial charge in [0.05, 0.1) is 36.9 Å². The first-order chi connectivity index (χ1) is 17.2. The van der Waals surface area contributed by atoms with Gasteiger partial charge in [0.15, 0.2) is 0 Å². The largest absolute Gasteiger partial charge is 0.448 e. The summed E-state index contributed by atoms with van der Waals surface area (Å²) in [5, 5.41) is 9.44. The Kier molecular flexibility index (Phi) is 5.60. The average molecular weight is 463 g/mol. The first-order valence-corrected chi connectivity index (χ1v) is 12.1. The van der Waals surface area contributed by atoms with Crippen LogP contribution in [0.15, 0.2) is 84.4 Å². The molecule has 2 heterocycles. The molecule has 3 aromatic rings. The molecule has 0 spiro atoms. The highest BCUT2D eigenvalue weighted by Crippen LogP contribution is 2.44. The molecule has 0 radical (unpaired) electrons. The van der Waals surface area contributed by atoms with Crippen molar-refractivity contribution < 1.29 is 14.3 Å². The first-order valence-electron chi connectivity index (χ1n) is 12.1. The quantitative estimate of drug-likeness (QED) is 0.484. The van der Waals surface area contributed by atoms with Gasteiger partial charge < -0.3 is 9.47 Å². The number of carbonyl (C=O) groups excluding carboxylic acids is 1. The zero-order valence-electron chi connectivity index (χ0n) is 19.4. The second-order valence-corrected chi connectivity index (χ2v) is 9.44. The van der Waals surface area contributed by atoms with Crippen molar-refractivity contribution >= 4 is 6.09 Å². The summed E-state index contributed by atoms with van der Waals surface area (Å²) in [5.74, 6) is 0.0424. The normalized spacial score (nSPS) is 20.4. The summed E-state index contributed by atoms with van der Waals surface area (Å²) in [4.78, 5) is 15.2.